The maximum atomic E-state index is 12.0. The summed E-state index contributed by atoms with van der Waals surface area (Å²) in [5.41, 5.74) is 0. The lowest BCUT2D eigenvalue weighted by atomic mass is 10.3. The van der Waals surface area contributed by atoms with Gasteiger partial charge in [-0.15, -0.1) is 0 Å². The molecule has 1 aromatic carbocycles. The van der Waals surface area contributed by atoms with Gasteiger partial charge >= 0.3 is 11.3 Å². The van der Waals surface area contributed by atoms with Gasteiger partial charge in [0, 0.05) is 12.2 Å². The number of carbonyl (C=O) groups is 3. The van der Waals surface area contributed by atoms with Crippen molar-refractivity contribution in [2.75, 3.05) is 20.0 Å². The van der Waals surface area contributed by atoms with Crippen molar-refractivity contribution in [3.8, 4) is 11.5 Å². The van der Waals surface area contributed by atoms with Crippen molar-refractivity contribution in [3.05, 3.63) is 24.3 Å². The third kappa shape index (κ3) is 6.60. The molecular formula is C15H19NO6S. The molecule has 0 saturated carbocycles. The van der Waals surface area contributed by atoms with E-state index in [0.29, 0.717) is 5.75 Å². The summed E-state index contributed by atoms with van der Waals surface area (Å²) in [6.07, 6.45) is 0.0893. The predicted octanol–water partition coefficient (Wildman–Crippen LogP) is 1.99. The van der Waals surface area contributed by atoms with Crippen LogP contribution in [0.2, 0.25) is 0 Å². The van der Waals surface area contributed by atoms with E-state index in [0.717, 1.165) is 11.8 Å². The second kappa shape index (κ2) is 9.73. The molecule has 7 nitrogen and oxygen atoms in total. The lowest BCUT2D eigenvalue weighted by Crippen LogP contribution is -2.40. The molecule has 0 unspecified atom stereocenters. The zero-order chi connectivity index (χ0) is 17.2. The summed E-state index contributed by atoms with van der Waals surface area (Å²) in [7, 11) is 2.74. The summed E-state index contributed by atoms with van der Waals surface area (Å²) >= 11 is 0.893. The summed E-state index contributed by atoms with van der Waals surface area (Å²) in [5, 5.41) is 2.05. The van der Waals surface area contributed by atoms with Crippen molar-refractivity contribution in [2.24, 2.45) is 0 Å². The molecule has 0 aliphatic carbocycles. The highest BCUT2D eigenvalue weighted by molar-refractivity contribution is 8.13. The number of nitrogens with one attached hydrogen (secondary N) is 1. The number of ether oxygens (including phenoxy) is 3. The SMILES string of the molecule is COC(=O)SCCC(=O)N[C@@H](C)C(=O)Oc1ccccc1OC. The average molecular weight is 341 g/mol. The molecule has 1 amide bonds. The van der Waals surface area contributed by atoms with Crippen LogP contribution in [-0.4, -0.2) is 43.2 Å². The van der Waals surface area contributed by atoms with E-state index in [1.165, 1.54) is 21.1 Å². The van der Waals surface area contributed by atoms with Gasteiger partial charge in [-0.05, 0) is 30.8 Å². The summed E-state index contributed by atoms with van der Waals surface area (Å²) in [6.45, 7) is 1.52. The summed E-state index contributed by atoms with van der Waals surface area (Å²) in [5.74, 6) is 0.0119. The van der Waals surface area contributed by atoms with Gasteiger partial charge in [0.1, 0.15) is 6.04 Å². The largest absolute Gasteiger partial charge is 0.493 e. The highest BCUT2D eigenvalue weighted by Crippen LogP contribution is 2.26. The topological polar surface area (TPSA) is 90.9 Å². The molecular weight excluding hydrogens is 322 g/mol. The van der Waals surface area contributed by atoms with Crippen molar-refractivity contribution in [2.45, 2.75) is 19.4 Å². The lowest BCUT2D eigenvalue weighted by molar-refractivity contribution is -0.138. The van der Waals surface area contributed by atoms with Gasteiger partial charge in [0.05, 0.1) is 14.2 Å². The molecule has 0 aromatic heterocycles. The molecule has 0 radical (unpaired) electrons. The Bertz CT molecular complexity index is 563. The standard InChI is InChI=1S/C15H19NO6S/c1-10(16-13(17)8-9-23-15(19)21-3)14(18)22-12-7-5-4-6-11(12)20-2/h4-7,10H,8-9H2,1-3H3,(H,16,17)/t10-/m0/s1. The molecule has 0 saturated heterocycles. The van der Waals surface area contributed by atoms with Crippen LogP contribution < -0.4 is 14.8 Å². The molecule has 0 aliphatic heterocycles. The Balaban J connectivity index is 2.44. The Labute approximate surface area is 138 Å². The Morgan fingerprint density at radius 1 is 1.17 bits per heavy atom. The minimum atomic E-state index is -0.824. The van der Waals surface area contributed by atoms with Gasteiger partial charge in [0.2, 0.25) is 5.91 Å². The second-order valence-corrected chi connectivity index (χ2v) is 5.44. The highest BCUT2D eigenvalue weighted by atomic mass is 32.2. The Hall–Kier alpha value is -2.22. The summed E-state index contributed by atoms with van der Waals surface area (Å²) < 4.78 is 14.7. The first kappa shape index (κ1) is 18.8. The van der Waals surface area contributed by atoms with E-state index < -0.39 is 17.3 Å². The molecule has 0 aliphatic rings. The van der Waals surface area contributed by atoms with Gasteiger partial charge in [-0.3, -0.25) is 4.79 Å². The lowest BCUT2D eigenvalue weighted by Gasteiger charge is -2.14. The van der Waals surface area contributed by atoms with Crippen molar-refractivity contribution in [1.82, 2.24) is 5.32 Å². The van der Waals surface area contributed by atoms with E-state index in [1.54, 1.807) is 24.3 Å². The van der Waals surface area contributed by atoms with Gasteiger partial charge in [-0.1, -0.05) is 12.1 Å². The number of methoxy groups -OCH3 is 2. The molecule has 23 heavy (non-hydrogen) atoms. The molecule has 1 atom stereocenters. The number of esters is 1. The monoisotopic (exact) mass is 341 g/mol. The van der Waals surface area contributed by atoms with Crippen LogP contribution in [-0.2, 0) is 14.3 Å². The number of hydrogen-bond donors (Lipinski definition) is 1. The molecule has 8 heteroatoms. The first-order valence-corrected chi connectivity index (χ1v) is 7.81. The third-order valence-electron chi connectivity index (χ3n) is 2.73. The van der Waals surface area contributed by atoms with Crippen LogP contribution in [0.15, 0.2) is 24.3 Å². The molecule has 0 heterocycles. The average Bonchev–Trinajstić information content (AvgIpc) is 2.54. The van der Waals surface area contributed by atoms with E-state index in [4.69, 9.17) is 9.47 Å². The van der Waals surface area contributed by atoms with E-state index in [2.05, 4.69) is 10.1 Å². The smallest absolute Gasteiger partial charge is 0.367 e. The minimum absolute atomic E-state index is 0.0893. The molecule has 126 valence electrons. The number of para-hydroxylation sites is 2. The van der Waals surface area contributed by atoms with Gasteiger partial charge in [-0.25, -0.2) is 9.59 Å². The second-order valence-electron chi connectivity index (χ2n) is 4.41. The molecule has 0 fully saturated rings. The van der Waals surface area contributed by atoms with Crippen LogP contribution >= 0.6 is 11.8 Å². The van der Waals surface area contributed by atoms with E-state index >= 15 is 0 Å². The third-order valence-corrected chi connectivity index (χ3v) is 3.54. The normalized spacial score (nSPS) is 11.3. The van der Waals surface area contributed by atoms with Gasteiger partial charge in [-0.2, -0.15) is 0 Å². The molecule has 1 rings (SSSR count). The first-order chi connectivity index (χ1) is 11.0. The van der Waals surface area contributed by atoms with Gasteiger partial charge in [0.25, 0.3) is 0 Å². The Morgan fingerprint density at radius 3 is 2.43 bits per heavy atom. The number of carbonyl (C=O) groups excluding carboxylic acids is 3. The summed E-state index contributed by atoms with van der Waals surface area (Å²) in [6, 6.07) is 5.89. The highest BCUT2D eigenvalue weighted by Gasteiger charge is 2.19. The van der Waals surface area contributed by atoms with Crippen LogP contribution in [0.4, 0.5) is 4.79 Å². The number of hydrogen-bond acceptors (Lipinski definition) is 7. The van der Waals surface area contributed by atoms with E-state index in [1.807, 2.05) is 0 Å². The van der Waals surface area contributed by atoms with Crippen LogP contribution in [0.3, 0.4) is 0 Å². The van der Waals surface area contributed by atoms with Crippen molar-refractivity contribution < 1.29 is 28.6 Å². The van der Waals surface area contributed by atoms with E-state index in [9.17, 15) is 14.4 Å². The number of amides is 1. The van der Waals surface area contributed by atoms with Crippen LogP contribution in [0.25, 0.3) is 0 Å². The fraction of sp³-hybridized carbons (Fsp3) is 0.400. The zero-order valence-electron chi connectivity index (χ0n) is 13.2. The first-order valence-electron chi connectivity index (χ1n) is 6.82. The van der Waals surface area contributed by atoms with Crippen molar-refractivity contribution >= 4 is 28.9 Å². The molecule has 0 spiro atoms. The zero-order valence-corrected chi connectivity index (χ0v) is 14.0. The van der Waals surface area contributed by atoms with Crippen molar-refractivity contribution in [3.63, 3.8) is 0 Å². The van der Waals surface area contributed by atoms with Crippen LogP contribution in [0, 0.1) is 0 Å². The number of benzene rings is 1. The number of thioether (sulfide) groups is 1. The number of rotatable bonds is 7. The Morgan fingerprint density at radius 2 is 1.83 bits per heavy atom. The van der Waals surface area contributed by atoms with Crippen molar-refractivity contribution in [1.29, 1.82) is 0 Å². The maximum Gasteiger partial charge on any atom is 0.367 e. The summed E-state index contributed by atoms with van der Waals surface area (Å²) in [4.78, 5) is 34.6. The van der Waals surface area contributed by atoms with Gasteiger partial charge in [0.15, 0.2) is 11.5 Å². The van der Waals surface area contributed by atoms with E-state index in [-0.39, 0.29) is 23.8 Å². The molecule has 1 aromatic rings. The quantitative estimate of drug-likeness (QED) is 0.599. The maximum absolute atomic E-state index is 12.0. The molecule has 0 bridgehead atoms. The van der Waals surface area contributed by atoms with Crippen LogP contribution in [0.5, 0.6) is 11.5 Å². The fourth-order valence-electron chi connectivity index (χ4n) is 1.56. The minimum Gasteiger partial charge on any atom is -0.493 e. The fourth-order valence-corrected chi connectivity index (χ4v) is 2.13. The molecule has 1 N–H and O–H groups in total. The Kier molecular flexibility index (Phi) is 7.96. The predicted molar refractivity (Wildman–Crippen MR) is 85.7 cm³/mol. The van der Waals surface area contributed by atoms with Crippen LogP contribution in [0.1, 0.15) is 13.3 Å². The van der Waals surface area contributed by atoms with Gasteiger partial charge < -0.3 is 19.5 Å².